The Morgan fingerprint density at radius 1 is 1.45 bits per heavy atom. The number of carboxylic acid groups (broad SMARTS) is 1. The number of carbonyl (C=O) groups is 2. The van der Waals surface area contributed by atoms with Gasteiger partial charge in [0.15, 0.2) is 0 Å². The van der Waals surface area contributed by atoms with Crippen molar-refractivity contribution in [1.29, 1.82) is 0 Å². The Balaban J connectivity index is 2.49. The zero-order chi connectivity index (χ0) is 15.1. The lowest BCUT2D eigenvalue weighted by atomic mass is 10.1. The highest BCUT2D eigenvalue weighted by Crippen LogP contribution is 2.19. The third-order valence-corrected chi connectivity index (χ3v) is 3.40. The normalized spacial score (nSPS) is 12.3. The monoisotopic (exact) mass is 339 g/mol. The van der Waals surface area contributed by atoms with Crippen molar-refractivity contribution in [3.05, 3.63) is 39.9 Å². The number of nitrogens with one attached hydrogen (secondary N) is 1. The minimum atomic E-state index is -0.856. The van der Waals surface area contributed by atoms with Crippen LogP contribution < -0.4 is 5.32 Å². The largest absolute Gasteiger partial charge is 0.481 e. The maximum atomic E-state index is 11.6. The number of rotatable bonds is 6. The smallest absolute Gasteiger partial charge is 0.303 e. The van der Waals surface area contributed by atoms with Crippen molar-refractivity contribution in [3.63, 3.8) is 0 Å². The van der Waals surface area contributed by atoms with Crippen molar-refractivity contribution in [3.8, 4) is 0 Å². The first-order chi connectivity index (χ1) is 9.38. The molecule has 0 aromatic heterocycles. The molecule has 0 saturated heterocycles. The number of halogens is 1. The van der Waals surface area contributed by atoms with Crippen LogP contribution >= 0.6 is 15.9 Å². The minimum Gasteiger partial charge on any atom is -0.481 e. The van der Waals surface area contributed by atoms with Crippen LogP contribution in [0, 0.1) is 12.8 Å². The highest BCUT2D eigenvalue weighted by molar-refractivity contribution is 9.10. The van der Waals surface area contributed by atoms with Crippen molar-refractivity contribution in [2.75, 3.05) is 6.54 Å². The predicted octanol–water partition coefficient (Wildman–Crippen LogP) is 3.00. The summed E-state index contributed by atoms with van der Waals surface area (Å²) in [6, 6.07) is 5.88. The van der Waals surface area contributed by atoms with Gasteiger partial charge in [0.25, 0.3) is 0 Å². The molecular formula is C15H18BrNO3. The van der Waals surface area contributed by atoms with E-state index in [1.807, 2.05) is 25.1 Å². The van der Waals surface area contributed by atoms with E-state index in [2.05, 4.69) is 21.2 Å². The van der Waals surface area contributed by atoms with Crippen molar-refractivity contribution in [2.24, 2.45) is 5.92 Å². The molecule has 4 nitrogen and oxygen atoms in total. The second-order valence-electron chi connectivity index (χ2n) is 4.81. The van der Waals surface area contributed by atoms with E-state index in [0.717, 1.165) is 15.6 Å². The Bertz CT molecular complexity index is 526. The molecule has 1 unspecified atom stereocenters. The highest BCUT2D eigenvalue weighted by atomic mass is 79.9. The van der Waals surface area contributed by atoms with Crippen molar-refractivity contribution in [2.45, 2.75) is 20.3 Å². The average Bonchev–Trinajstić information content (AvgIpc) is 2.34. The Labute approximate surface area is 127 Å². The molecule has 1 rings (SSSR count). The Kier molecular flexibility index (Phi) is 6.45. The van der Waals surface area contributed by atoms with Gasteiger partial charge < -0.3 is 10.4 Å². The van der Waals surface area contributed by atoms with Crippen LogP contribution in [-0.4, -0.2) is 23.5 Å². The molecule has 0 bridgehead atoms. The quantitative estimate of drug-likeness (QED) is 0.783. The second kappa shape index (κ2) is 7.85. The number of carbonyl (C=O) groups excluding carboxylic acids is 1. The lowest BCUT2D eigenvalue weighted by molar-refractivity contribution is -0.138. The van der Waals surface area contributed by atoms with Gasteiger partial charge in [-0.2, -0.15) is 0 Å². The molecule has 5 heteroatoms. The van der Waals surface area contributed by atoms with Gasteiger partial charge in [-0.05, 0) is 36.1 Å². The lowest BCUT2D eigenvalue weighted by Gasteiger charge is -2.08. The van der Waals surface area contributed by atoms with Crippen LogP contribution in [0.15, 0.2) is 28.7 Å². The van der Waals surface area contributed by atoms with Crippen molar-refractivity contribution < 1.29 is 14.7 Å². The van der Waals surface area contributed by atoms with Crippen LogP contribution in [-0.2, 0) is 9.59 Å². The van der Waals surface area contributed by atoms with Crippen LogP contribution in [0.25, 0.3) is 6.08 Å². The summed E-state index contributed by atoms with van der Waals surface area (Å²) in [7, 11) is 0. The van der Waals surface area contributed by atoms with Gasteiger partial charge in [0.1, 0.15) is 0 Å². The summed E-state index contributed by atoms with van der Waals surface area (Å²) >= 11 is 3.44. The maximum absolute atomic E-state index is 11.6. The highest BCUT2D eigenvalue weighted by Gasteiger charge is 2.08. The minimum absolute atomic E-state index is 0.0491. The molecule has 0 saturated carbocycles. The van der Waals surface area contributed by atoms with Gasteiger partial charge in [0.05, 0.1) is 0 Å². The fourth-order valence-corrected chi connectivity index (χ4v) is 2.26. The van der Waals surface area contributed by atoms with Gasteiger partial charge in [0, 0.05) is 23.5 Å². The molecule has 1 atom stereocenters. The number of hydrogen-bond acceptors (Lipinski definition) is 2. The van der Waals surface area contributed by atoms with Crippen LogP contribution in [0.3, 0.4) is 0 Å². The van der Waals surface area contributed by atoms with E-state index >= 15 is 0 Å². The molecule has 2 N–H and O–H groups in total. The topological polar surface area (TPSA) is 66.4 Å². The summed E-state index contributed by atoms with van der Waals surface area (Å²) < 4.78 is 0.931. The summed E-state index contributed by atoms with van der Waals surface area (Å²) in [6.45, 7) is 4.13. The van der Waals surface area contributed by atoms with Crippen molar-refractivity contribution in [1.82, 2.24) is 5.32 Å². The third kappa shape index (κ3) is 6.02. The first-order valence-corrected chi connectivity index (χ1v) is 7.11. The molecule has 1 amide bonds. The molecule has 0 radical (unpaired) electrons. The first-order valence-electron chi connectivity index (χ1n) is 6.32. The van der Waals surface area contributed by atoms with E-state index < -0.39 is 5.97 Å². The Morgan fingerprint density at radius 2 is 2.15 bits per heavy atom. The van der Waals surface area contributed by atoms with Crippen LogP contribution in [0.5, 0.6) is 0 Å². The standard InChI is InChI=1S/C15H18BrNO3/c1-10-3-4-12(13(16)7-10)5-6-14(18)17-9-11(2)8-15(19)20/h3-7,11H,8-9H2,1-2H3,(H,17,18)(H,19,20)/b6-5+. The van der Waals surface area contributed by atoms with Crippen LogP contribution in [0.4, 0.5) is 0 Å². The number of aliphatic carboxylic acids is 1. The zero-order valence-corrected chi connectivity index (χ0v) is 13.1. The van der Waals surface area contributed by atoms with E-state index in [-0.39, 0.29) is 18.2 Å². The SMILES string of the molecule is Cc1ccc(/C=C/C(=O)NCC(C)CC(=O)O)c(Br)c1. The fourth-order valence-electron chi connectivity index (χ4n) is 1.64. The summed E-state index contributed by atoms with van der Waals surface area (Å²) in [5, 5.41) is 11.3. The van der Waals surface area contributed by atoms with E-state index in [0.29, 0.717) is 6.54 Å². The molecule has 0 heterocycles. The van der Waals surface area contributed by atoms with E-state index in [1.165, 1.54) is 6.08 Å². The molecule has 0 aliphatic heterocycles. The summed E-state index contributed by atoms with van der Waals surface area (Å²) in [4.78, 5) is 22.1. The molecule has 20 heavy (non-hydrogen) atoms. The van der Waals surface area contributed by atoms with E-state index in [9.17, 15) is 9.59 Å². The molecule has 108 valence electrons. The predicted molar refractivity (Wildman–Crippen MR) is 82.3 cm³/mol. The van der Waals surface area contributed by atoms with Gasteiger partial charge in [-0.15, -0.1) is 0 Å². The lowest BCUT2D eigenvalue weighted by Crippen LogP contribution is -2.27. The zero-order valence-electron chi connectivity index (χ0n) is 11.5. The number of aryl methyl sites for hydroxylation is 1. The van der Waals surface area contributed by atoms with Gasteiger partial charge >= 0.3 is 5.97 Å². The fraction of sp³-hybridized carbons (Fsp3) is 0.333. The number of benzene rings is 1. The van der Waals surface area contributed by atoms with Crippen LogP contribution in [0.2, 0.25) is 0 Å². The Morgan fingerprint density at radius 3 is 2.75 bits per heavy atom. The average molecular weight is 340 g/mol. The number of carboxylic acids is 1. The summed E-state index contributed by atoms with van der Waals surface area (Å²) in [6.07, 6.45) is 3.22. The Hall–Kier alpha value is -1.62. The molecule has 0 aliphatic carbocycles. The second-order valence-corrected chi connectivity index (χ2v) is 5.66. The molecular weight excluding hydrogens is 322 g/mol. The van der Waals surface area contributed by atoms with Crippen molar-refractivity contribution >= 4 is 33.9 Å². The molecule has 0 spiro atoms. The molecule has 1 aromatic carbocycles. The molecule has 0 aliphatic rings. The van der Waals surface area contributed by atoms with Gasteiger partial charge in [-0.1, -0.05) is 35.0 Å². The third-order valence-electron chi connectivity index (χ3n) is 2.72. The van der Waals surface area contributed by atoms with Gasteiger partial charge in [-0.3, -0.25) is 9.59 Å². The van der Waals surface area contributed by atoms with Crippen LogP contribution in [0.1, 0.15) is 24.5 Å². The first kappa shape index (κ1) is 16.4. The van der Waals surface area contributed by atoms with Gasteiger partial charge in [0.2, 0.25) is 5.91 Å². The summed E-state index contributed by atoms with van der Waals surface area (Å²) in [5.41, 5.74) is 2.06. The number of amides is 1. The summed E-state index contributed by atoms with van der Waals surface area (Å²) in [5.74, 6) is -1.17. The number of hydrogen-bond donors (Lipinski definition) is 2. The van der Waals surface area contributed by atoms with Gasteiger partial charge in [-0.25, -0.2) is 0 Å². The van der Waals surface area contributed by atoms with E-state index in [4.69, 9.17) is 5.11 Å². The maximum Gasteiger partial charge on any atom is 0.303 e. The molecule has 1 aromatic rings. The van der Waals surface area contributed by atoms with E-state index in [1.54, 1.807) is 13.0 Å². The molecule has 0 fully saturated rings.